The van der Waals surface area contributed by atoms with E-state index in [2.05, 4.69) is 21.2 Å². The summed E-state index contributed by atoms with van der Waals surface area (Å²) in [4.78, 5) is 26.6. The molecule has 0 saturated carbocycles. The molecule has 5 nitrogen and oxygen atoms in total. The van der Waals surface area contributed by atoms with E-state index in [1.54, 1.807) is 0 Å². The molecule has 0 aliphatic carbocycles. The SMILES string of the molecule is O=C(NC[C@@H]1CCCO1)C1CCN(C(=O)c2ccc(Br)cc2)CC1. The zero-order chi connectivity index (χ0) is 16.9. The molecule has 0 unspecified atom stereocenters. The van der Waals surface area contributed by atoms with E-state index >= 15 is 0 Å². The van der Waals surface area contributed by atoms with E-state index in [1.807, 2.05) is 29.2 Å². The van der Waals surface area contributed by atoms with Crippen molar-refractivity contribution in [3.05, 3.63) is 34.3 Å². The fourth-order valence-corrected chi connectivity index (χ4v) is 3.55. The molecular formula is C18H23BrN2O3. The zero-order valence-corrected chi connectivity index (χ0v) is 15.3. The van der Waals surface area contributed by atoms with Gasteiger partial charge in [0, 0.05) is 42.2 Å². The summed E-state index contributed by atoms with van der Waals surface area (Å²) < 4.78 is 6.48. The molecule has 1 aromatic carbocycles. The van der Waals surface area contributed by atoms with Gasteiger partial charge in [0.1, 0.15) is 0 Å². The van der Waals surface area contributed by atoms with Crippen LogP contribution < -0.4 is 5.32 Å². The molecule has 24 heavy (non-hydrogen) atoms. The Balaban J connectivity index is 1.45. The van der Waals surface area contributed by atoms with Gasteiger partial charge in [-0.15, -0.1) is 0 Å². The van der Waals surface area contributed by atoms with Crippen molar-refractivity contribution in [3.8, 4) is 0 Å². The number of carbonyl (C=O) groups excluding carboxylic acids is 2. The third-order valence-electron chi connectivity index (χ3n) is 4.77. The number of rotatable bonds is 4. The van der Waals surface area contributed by atoms with Crippen molar-refractivity contribution in [1.29, 1.82) is 0 Å². The molecule has 130 valence electrons. The molecule has 0 radical (unpaired) electrons. The summed E-state index contributed by atoms with van der Waals surface area (Å²) in [7, 11) is 0. The predicted molar refractivity (Wildman–Crippen MR) is 94.8 cm³/mol. The van der Waals surface area contributed by atoms with Crippen molar-refractivity contribution in [2.24, 2.45) is 5.92 Å². The van der Waals surface area contributed by atoms with Gasteiger partial charge in [-0.2, -0.15) is 0 Å². The number of carbonyl (C=O) groups is 2. The van der Waals surface area contributed by atoms with Gasteiger partial charge in [0.2, 0.25) is 5.91 Å². The molecule has 2 saturated heterocycles. The lowest BCUT2D eigenvalue weighted by Crippen LogP contribution is -2.44. The first-order valence-corrected chi connectivity index (χ1v) is 9.37. The van der Waals surface area contributed by atoms with Crippen LogP contribution in [-0.2, 0) is 9.53 Å². The van der Waals surface area contributed by atoms with Crippen LogP contribution in [0.15, 0.2) is 28.7 Å². The van der Waals surface area contributed by atoms with Gasteiger partial charge in [0.15, 0.2) is 0 Å². The van der Waals surface area contributed by atoms with Gasteiger partial charge in [0.05, 0.1) is 6.10 Å². The van der Waals surface area contributed by atoms with E-state index in [9.17, 15) is 9.59 Å². The van der Waals surface area contributed by atoms with E-state index in [0.717, 1.165) is 36.8 Å². The lowest BCUT2D eigenvalue weighted by atomic mass is 9.95. The second-order valence-corrected chi connectivity index (χ2v) is 7.37. The molecule has 2 amide bonds. The van der Waals surface area contributed by atoms with Gasteiger partial charge >= 0.3 is 0 Å². The number of nitrogens with zero attached hydrogens (tertiary/aromatic N) is 1. The van der Waals surface area contributed by atoms with Gasteiger partial charge in [-0.3, -0.25) is 9.59 Å². The lowest BCUT2D eigenvalue weighted by molar-refractivity contribution is -0.126. The van der Waals surface area contributed by atoms with Gasteiger partial charge in [-0.25, -0.2) is 0 Å². The Hall–Kier alpha value is -1.40. The quantitative estimate of drug-likeness (QED) is 0.853. The summed E-state index contributed by atoms with van der Waals surface area (Å²) in [6, 6.07) is 7.40. The topological polar surface area (TPSA) is 58.6 Å². The Labute approximate surface area is 150 Å². The summed E-state index contributed by atoms with van der Waals surface area (Å²) in [5, 5.41) is 3.00. The molecule has 2 fully saturated rings. The highest BCUT2D eigenvalue weighted by Gasteiger charge is 2.28. The van der Waals surface area contributed by atoms with Crippen LogP contribution in [0.5, 0.6) is 0 Å². The molecule has 0 aromatic heterocycles. The maximum absolute atomic E-state index is 12.5. The van der Waals surface area contributed by atoms with Crippen molar-refractivity contribution < 1.29 is 14.3 Å². The fourth-order valence-electron chi connectivity index (χ4n) is 3.28. The van der Waals surface area contributed by atoms with E-state index in [1.165, 1.54) is 0 Å². The highest BCUT2D eigenvalue weighted by Crippen LogP contribution is 2.20. The van der Waals surface area contributed by atoms with Crippen molar-refractivity contribution in [1.82, 2.24) is 10.2 Å². The lowest BCUT2D eigenvalue weighted by Gasteiger charge is -2.31. The molecule has 1 N–H and O–H groups in total. The maximum atomic E-state index is 12.5. The van der Waals surface area contributed by atoms with Crippen LogP contribution in [0, 0.1) is 5.92 Å². The van der Waals surface area contributed by atoms with Gasteiger partial charge in [0.25, 0.3) is 5.91 Å². The van der Waals surface area contributed by atoms with Crippen LogP contribution >= 0.6 is 15.9 Å². The third kappa shape index (κ3) is 4.36. The number of piperidine rings is 1. The van der Waals surface area contributed by atoms with E-state index in [4.69, 9.17) is 4.74 Å². The van der Waals surface area contributed by atoms with Crippen molar-refractivity contribution in [2.45, 2.75) is 31.8 Å². The summed E-state index contributed by atoms with van der Waals surface area (Å²) in [6.07, 6.45) is 3.73. The average Bonchev–Trinajstić information content (AvgIpc) is 3.13. The minimum Gasteiger partial charge on any atom is -0.376 e. The number of ether oxygens (including phenoxy) is 1. The van der Waals surface area contributed by atoms with E-state index < -0.39 is 0 Å². The Kier molecular flexibility index (Phi) is 5.89. The second-order valence-electron chi connectivity index (χ2n) is 6.45. The fraction of sp³-hybridized carbons (Fsp3) is 0.556. The molecule has 6 heteroatoms. The Morgan fingerprint density at radius 1 is 1.17 bits per heavy atom. The van der Waals surface area contributed by atoms with Crippen LogP contribution in [0.25, 0.3) is 0 Å². The molecular weight excluding hydrogens is 372 g/mol. The molecule has 2 aliphatic heterocycles. The van der Waals surface area contributed by atoms with Crippen LogP contribution in [0.3, 0.4) is 0 Å². The number of halogens is 1. The molecule has 0 bridgehead atoms. The maximum Gasteiger partial charge on any atom is 0.253 e. The van der Waals surface area contributed by atoms with E-state index in [-0.39, 0.29) is 23.8 Å². The van der Waals surface area contributed by atoms with Crippen LogP contribution in [0.1, 0.15) is 36.0 Å². The highest BCUT2D eigenvalue weighted by molar-refractivity contribution is 9.10. The Bertz CT molecular complexity index is 576. The van der Waals surface area contributed by atoms with Crippen molar-refractivity contribution >= 4 is 27.7 Å². The summed E-state index contributed by atoms with van der Waals surface area (Å²) in [5.74, 6) is 0.141. The Morgan fingerprint density at radius 3 is 2.50 bits per heavy atom. The standard InChI is InChI=1S/C18H23BrN2O3/c19-15-5-3-14(4-6-15)18(23)21-9-7-13(8-10-21)17(22)20-12-16-2-1-11-24-16/h3-6,13,16H,1-2,7-12H2,(H,20,22)/t16-/m0/s1. The Morgan fingerprint density at radius 2 is 1.88 bits per heavy atom. The highest BCUT2D eigenvalue weighted by atomic mass is 79.9. The number of benzene rings is 1. The zero-order valence-electron chi connectivity index (χ0n) is 13.7. The largest absolute Gasteiger partial charge is 0.376 e. The first-order valence-electron chi connectivity index (χ1n) is 8.57. The van der Waals surface area contributed by atoms with Crippen molar-refractivity contribution in [2.75, 3.05) is 26.2 Å². The van der Waals surface area contributed by atoms with Gasteiger partial charge in [-0.1, -0.05) is 15.9 Å². The van der Waals surface area contributed by atoms with Crippen molar-refractivity contribution in [3.63, 3.8) is 0 Å². The number of nitrogens with one attached hydrogen (secondary N) is 1. The van der Waals surface area contributed by atoms with Crippen LogP contribution in [-0.4, -0.2) is 49.1 Å². The molecule has 2 heterocycles. The summed E-state index contributed by atoms with van der Waals surface area (Å²) in [5.41, 5.74) is 0.694. The first kappa shape index (κ1) is 17.4. The molecule has 0 spiro atoms. The summed E-state index contributed by atoms with van der Waals surface area (Å²) in [6.45, 7) is 2.67. The van der Waals surface area contributed by atoms with Gasteiger partial charge < -0.3 is 15.0 Å². The van der Waals surface area contributed by atoms with Gasteiger partial charge in [-0.05, 0) is 49.9 Å². The third-order valence-corrected chi connectivity index (χ3v) is 5.30. The van der Waals surface area contributed by atoms with Crippen LogP contribution in [0.2, 0.25) is 0 Å². The first-order chi connectivity index (χ1) is 11.6. The molecule has 2 aliphatic rings. The van der Waals surface area contributed by atoms with E-state index in [0.29, 0.717) is 25.2 Å². The molecule has 3 rings (SSSR count). The second kappa shape index (κ2) is 8.12. The minimum atomic E-state index is 0.000343. The smallest absolute Gasteiger partial charge is 0.253 e. The molecule has 1 aromatic rings. The predicted octanol–water partition coefficient (Wildman–Crippen LogP) is 2.60. The number of hydrogen-bond donors (Lipinski definition) is 1. The number of amides is 2. The molecule has 1 atom stereocenters. The summed E-state index contributed by atoms with van der Waals surface area (Å²) >= 11 is 3.38. The number of likely N-dealkylation sites (tertiary alicyclic amines) is 1. The van der Waals surface area contributed by atoms with Crippen LogP contribution in [0.4, 0.5) is 0 Å². The normalized spacial score (nSPS) is 21.7. The minimum absolute atomic E-state index is 0.000343. The number of hydrogen-bond acceptors (Lipinski definition) is 3. The monoisotopic (exact) mass is 394 g/mol. The average molecular weight is 395 g/mol.